The first-order valence-electron chi connectivity index (χ1n) is 13.2. The molecule has 1 aromatic heterocycles. The summed E-state index contributed by atoms with van der Waals surface area (Å²) < 4.78 is 2.67. The lowest BCUT2D eigenvalue weighted by Crippen LogP contribution is -1.91. The van der Waals surface area contributed by atoms with E-state index in [1.807, 2.05) is 35.6 Å². The summed E-state index contributed by atoms with van der Waals surface area (Å²) in [5, 5.41) is 6.25. The number of fused-ring (bicyclic) bond motifs is 3. The van der Waals surface area contributed by atoms with Crippen molar-refractivity contribution in [2.45, 2.75) is 6.92 Å². The molecule has 7 aromatic rings. The number of thiophene rings is 1. The van der Waals surface area contributed by atoms with E-state index in [0.29, 0.717) is 0 Å². The van der Waals surface area contributed by atoms with Crippen LogP contribution in [0.4, 0.5) is 11.4 Å². The van der Waals surface area contributed by atoms with Crippen LogP contribution in [-0.4, -0.2) is 0 Å². The average molecular weight is 520 g/mol. The number of nitrogens with one attached hydrogen (secondary N) is 1. The fraction of sp³-hybridized carbons (Fsp3) is 0.0270. The molecule has 0 saturated heterocycles. The molecule has 1 heterocycles. The largest absolute Gasteiger partial charge is 0.356 e. The Morgan fingerprint density at radius 3 is 1.82 bits per heavy atom. The molecule has 2 heteroatoms. The molecule has 0 aliphatic heterocycles. The topological polar surface area (TPSA) is 12.0 Å². The summed E-state index contributed by atoms with van der Waals surface area (Å²) in [5.41, 5.74) is 8.46. The summed E-state index contributed by atoms with van der Waals surface area (Å²) in [5.74, 6) is 0. The summed E-state index contributed by atoms with van der Waals surface area (Å²) in [6.07, 6.45) is 0. The van der Waals surface area contributed by atoms with Gasteiger partial charge in [0.25, 0.3) is 0 Å². The Labute approximate surface area is 234 Å². The van der Waals surface area contributed by atoms with Gasteiger partial charge in [0, 0.05) is 31.5 Å². The van der Waals surface area contributed by atoms with Gasteiger partial charge < -0.3 is 5.32 Å². The maximum Gasteiger partial charge on any atom is 0.0390 e. The van der Waals surface area contributed by atoms with E-state index < -0.39 is 0 Å². The SMILES string of the molecule is Cc1ccccc1.c1ccc(-c2ccc(Nc3cccc(-c4cccc5sc6ccccc6c45)c3)cc2)cc1. The summed E-state index contributed by atoms with van der Waals surface area (Å²) in [7, 11) is 0. The first kappa shape index (κ1) is 24.7. The lowest BCUT2D eigenvalue weighted by Gasteiger charge is -2.11. The number of aryl methyl sites for hydroxylation is 1. The number of anilines is 2. The van der Waals surface area contributed by atoms with Gasteiger partial charge in [-0.15, -0.1) is 11.3 Å². The van der Waals surface area contributed by atoms with Gasteiger partial charge in [-0.25, -0.2) is 0 Å². The molecule has 0 radical (unpaired) electrons. The number of benzene rings is 6. The van der Waals surface area contributed by atoms with Gasteiger partial charge in [-0.3, -0.25) is 0 Å². The van der Waals surface area contributed by atoms with E-state index in [0.717, 1.165) is 11.4 Å². The molecule has 7 rings (SSSR count). The third kappa shape index (κ3) is 5.62. The first-order valence-corrected chi connectivity index (χ1v) is 14.0. The van der Waals surface area contributed by atoms with Crippen LogP contribution in [-0.2, 0) is 0 Å². The monoisotopic (exact) mass is 519 g/mol. The highest BCUT2D eigenvalue weighted by Gasteiger charge is 2.11. The van der Waals surface area contributed by atoms with Crippen LogP contribution < -0.4 is 5.32 Å². The highest BCUT2D eigenvalue weighted by molar-refractivity contribution is 7.25. The second-order valence-corrected chi connectivity index (χ2v) is 10.7. The van der Waals surface area contributed by atoms with E-state index in [-0.39, 0.29) is 0 Å². The molecule has 0 spiro atoms. The Bertz CT molecular complexity index is 1820. The fourth-order valence-electron chi connectivity index (χ4n) is 4.86. The highest BCUT2D eigenvalue weighted by Crippen LogP contribution is 2.40. The van der Waals surface area contributed by atoms with Crippen molar-refractivity contribution in [3.05, 3.63) is 157 Å². The zero-order chi connectivity index (χ0) is 26.4. The van der Waals surface area contributed by atoms with Crippen molar-refractivity contribution in [3.8, 4) is 22.3 Å². The normalized spacial score (nSPS) is 10.7. The van der Waals surface area contributed by atoms with Crippen LogP contribution in [0.5, 0.6) is 0 Å². The quantitative estimate of drug-likeness (QED) is 0.244. The summed E-state index contributed by atoms with van der Waals surface area (Å²) in [6.45, 7) is 2.08. The average Bonchev–Trinajstić information content (AvgIpc) is 3.38. The zero-order valence-corrected chi connectivity index (χ0v) is 22.7. The molecule has 0 saturated carbocycles. The summed E-state index contributed by atoms with van der Waals surface area (Å²) >= 11 is 1.86. The Balaban J connectivity index is 0.000000346. The molecule has 1 N–H and O–H groups in total. The number of hydrogen-bond donors (Lipinski definition) is 1. The Kier molecular flexibility index (Phi) is 7.20. The van der Waals surface area contributed by atoms with E-state index in [1.54, 1.807) is 0 Å². The Hall–Kier alpha value is -4.66. The minimum Gasteiger partial charge on any atom is -0.356 e. The third-order valence-electron chi connectivity index (χ3n) is 6.80. The minimum atomic E-state index is 1.08. The van der Waals surface area contributed by atoms with Crippen molar-refractivity contribution in [2.24, 2.45) is 0 Å². The molecule has 0 aliphatic rings. The molecule has 0 atom stereocenters. The molecule has 0 bridgehead atoms. The van der Waals surface area contributed by atoms with Gasteiger partial charge in [0.05, 0.1) is 0 Å². The lowest BCUT2D eigenvalue weighted by molar-refractivity contribution is 1.48. The van der Waals surface area contributed by atoms with Crippen LogP contribution in [0.25, 0.3) is 42.4 Å². The molecule has 1 nitrogen and oxygen atoms in total. The summed E-state index contributed by atoms with van der Waals surface area (Å²) in [4.78, 5) is 0. The zero-order valence-electron chi connectivity index (χ0n) is 21.8. The smallest absolute Gasteiger partial charge is 0.0390 e. The van der Waals surface area contributed by atoms with Gasteiger partial charge in [-0.05, 0) is 65.6 Å². The second kappa shape index (κ2) is 11.4. The number of hydrogen-bond acceptors (Lipinski definition) is 2. The molecular weight excluding hydrogens is 490 g/mol. The standard InChI is InChI=1S/C30H21NS.C7H8/c1-2-8-21(9-3-1)22-16-18-24(19-17-22)31-25-11-6-10-23(20-25)26-13-7-15-29-30(26)27-12-4-5-14-28(27)32-29;1-7-5-3-2-4-6-7/h1-20,31H;2-6H,1H3. The number of rotatable bonds is 4. The van der Waals surface area contributed by atoms with Crippen LogP contribution in [0.15, 0.2) is 152 Å². The van der Waals surface area contributed by atoms with Crippen LogP contribution in [0.2, 0.25) is 0 Å². The predicted octanol–water partition coefficient (Wildman–Crippen LogP) is 11.1. The van der Waals surface area contributed by atoms with E-state index in [9.17, 15) is 0 Å². The molecule has 0 amide bonds. The van der Waals surface area contributed by atoms with Crippen LogP contribution in [0.3, 0.4) is 0 Å². The van der Waals surface area contributed by atoms with Gasteiger partial charge in [-0.1, -0.05) is 121 Å². The van der Waals surface area contributed by atoms with Gasteiger partial charge in [0.1, 0.15) is 0 Å². The van der Waals surface area contributed by atoms with E-state index in [4.69, 9.17) is 0 Å². The fourth-order valence-corrected chi connectivity index (χ4v) is 5.99. The molecule has 6 aromatic carbocycles. The van der Waals surface area contributed by atoms with Crippen molar-refractivity contribution < 1.29 is 0 Å². The van der Waals surface area contributed by atoms with E-state index in [1.165, 1.54) is 48.0 Å². The molecule has 39 heavy (non-hydrogen) atoms. The van der Waals surface area contributed by atoms with Crippen molar-refractivity contribution in [2.75, 3.05) is 5.32 Å². The van der Waals surface area contributed by atoms with Crippen molar-refractivity contribution in [3.63, 3.8) is 0 Å². The molecule has 188 valence electrons. The van der Waals surface area contributed by atoms with Crippen LogP contribution >= 0.6 is 11.3 Å². The molecule has 0 unspecified atom stereocenters. The first-order chi connectivity index (χ1) is 19.2. The van der Waals surface area contributed by atoms with E-state index in [2.05, 4.69) is 140 Å². The summed E-state index contributed by atoms with van der Waals surface area (Å²) in [6, 6.07) is 53.3. The van der Waals surface area contributed by atoms with Gasteiger partial charge in [0.2, 0.25) is 0 Å². The van der Waals surface area contributed by atoms with Crippen LogP contribution in [0.1, 0.15) is 5.56 Å². The van der Waals surface area contributed by atoms with Gasteiger partial charge in [0.15, 0.2) is 0 Å². The molecular formula is C37H29NS. The Morgan fingerprint density at radius 2 is 1.08 bits per heavy atom. The highest BCUT2D eigenvalue weighted by atomic mass is 32.1. The van der Waals surface area contributed by atoms with Gasteiger partial charge >= 0.3 is 0 Å². The predicted molar refractivity (Wildman–Crippen MR) is 171 cm³/mol. The maximum atomic E-state index is 3.57. The second-order valence-electron chi connectivity index (χ2n) is 9.58. The van der Waals surface area contributed by atoms with Crippen LogP contribution in [0, 0.1) is 6.92 Å². The minimum absolute atomic E-state index is 1.08. The Morgan fingerprint density at radius 1 is 0.462 bits per heavy atom. The van der Waals surface area contributed by atoms with E-state index >= 15 is 0 Å². The molecule has 0 fully saturated rings. The van der Waals surface area contributed by atoms with Crippen molar-refractivity contribution >= 4 is 42.9 Å². The van der Waals surface area contributed by atoms with Crippen molar-refractivity contribution in [1.29, 1.82) is 0 Å². The third-order valence-corrected chi connectivity index (χ3v) is 7.93. The van der Waals surface area contributed by atoms with Gasteiger partial charge in [-0.2, -0.15) is 0 Å². The lowest BCUT2D eigenvalue weighted by atomic mass is 9.99. The van der Waals surface area contributed by atoms with Crippen molar-refractivity contribution in [1.82, 2.24) is 0 Å². The molecule has 0 aliphatic carbocycles. The maximum absolute atomic E-state index is 3.57.